The van der Waals surface area contributed by atoms with Gasteiger partial charge in [0.15, 0.2) is 0 Å². The summed E-state index contributed by atoms with van der Waals surface area (Å²) in [4.78, 5) is 0. The van der Waals surface area contributed by atoms with Gasteiger partial charge >= 0.3 is 0 Å². The molecule has 0 fully saturated rings. The van der Waals surface area contributed by atoms with Gasteiger partial charge in [0.05, 0.1) is 5.25 Å². The van der Waals surface area contributed by atoms with Crippen molar-refractivity contribution in [2.45, 2.75) is 25.0 Å². The fourth-order valence-corrected chi connectivity index (χ4v) is 1.37. The lowest BCUT2D eigenvalue weighted by Gasteiger charge is -2.06. The first-order valence-corrected chi connectivity index (χ1v) is 4.49. The van der Waals surface area contributed by atoms with Gasteiger partial charge < -0.3 is 0 Å². The van der Waals surface area contributed by atoms with E-state index in [-0.39, 0.29) is 6.42 Å². The van der Waals surface area contributed by atoms with E-state index < -0.39 is 15.4 Å². The lowest BCUT2D eigenvalue weighted by Crippen LogP contribution is -2.18. The van der Waals surface area contributed by atoms with Crippen molar-refractivity contribution in [2.24, 2.45) is 0 Å². The van der Waals surface area contributed by atoms with Crippen LogP contribution in [0.5, 0.6) is 0 Å². The van der Waals surface area contributed by atoms with Crippen LogP contribution >= 0.6 is 0 Å². The molecule has 0 spiro atoms. The molecule has 1 unspecified atom stereocenters. The van der Waals surface area contributed by atoms with Crippen LogP contribution in [-0.4, -0.2) is 18.2 Å². The first-order chi connectivity index (χ1) is 4.52. The van der Waals surface area contributed by atoms with Gasteiger partial charge in [-0.15, -0.1) is 0 Å². The van der Waals surface area contributed by atoms with Crippen LogP contribution in [0, 0.1) is 6.08 Å². The molecule has 0 saturated carbocycles. The molecule has 10 heavy (non-hydrogen) atoms. The van der Waals surface area contributed by atoms with Crippen LogP contribution < -0.4 is 0 Å². The molecule has 1 atom stereocenters. The Bertz CT molecular complexity index is 193. The predicted octanol–water partition coefficient (Wildman–Crippen LogP) is 1.03. The summed E-state index contributed by atoms with van der Waals surface area (Å²) in [6.45, 7) is 4.95. The highest BCUT2D eigenvalue weighted by atomic mass is 32.2. The first kappa shape index (κ1) is 9.65. The van der Waals surface area contributed by atoms with Crippen LogP contribution in [0.4, 0.5) is 0 Å². The van der Waals surface area contributed by atoms with E-state index in [0.29, 0.717) is 6.42 Å². The summed E-state index contributed by atoms with van der Waals surface area (Å²) < 4.78 is 29.4. The number of rotatable bonds is 4. The summed E-state index contributed by atoms with van der Waals surface area (Å²) in [6.07, 6.45) is 3.02. The molecule has 3 nitrogen and oxygen atoms in total. The quantitative estimate of drug-likeness (QED) is 0.630. The molecule has 0 heterocycles. The van der Waals surface area contributed by atoms with E-state index in [2.05, 4.69) is 12.7 Å². The monoisotopic (exact) mass is 163 g/mol. The maximum absolute atomic E-state index is 10.4. The number of hydrogen-bond donors (Lipinski definition) is 1. The van der Waals surface area contributed by atoms with Crippen LogP contribution in [0.25, 0.3) is 0 Å². The zero-order valence-electron chi connectivity index (χ0n) is 5.87. The zero-order chi connectivity index (χ0) is 8.20. The Balaban J connectivity index is 4.22. The third-order valence-electron chi connectivity index (χ3n) is 1.25. The lowest BCUT2D eigenvalue weighted by molar-refractivity contribution is 0.463. The van der Waals surface area contributed by atoms with Crippen LogP contribution in [0.3, 0.4) is 0 Å². The van der Waals surface area contributed by atoms with Gasteiger partial charge in [-0.05, 0) is 12.8 Å². The highest BCUT2D eigenvalue weighted by molar-refractivity contribution is 7.86. The van der Waals surface area contributed by atoms with Gasteiger partial charge in [-0.25, -0.2) is 0 Å². The molecule has 0 rings (SSSR count). The average molecular weight is 163 g/mol. The van der Waals surface area contributed by atoms with Crippen molar-refractivity contribution in [1.29, 1.82) is 0 Å². The number of allylic oxidation sites excluding steroid dienone is 1. The van der Waals surface area contributed by atoms with Crippen LogP contribution in [0.15, 0.2) is 6.58 Å². The summed E-state index contributed by atoms with van der Waals surface area (Å²) in [6, 6.07) is 0. The molecule has 0 aromatic carbocycles. The topological polar surface area (TPSA) is 54.4 Å². The summed E-state index contributed by atoms with van der Waals surface area (Å²) >= 11 is 0. The maximum atomic E-state index is 10.4. The second-order valence-corrected chi connectivity index (χ2v) is 3.70. The largest absolute Gasteiger partial charge is 0.285 e. The molecule has 0 aromatic heterocycles. The Hall–Kier alpha value is -0.350. The molecular weight excluding hydrogens is 152 g/mol. The van der Waals surface area contributed by atoms with Gasteiger partial charge in [-0.2, -0.15) is 8.42 Å². The van der Waals surface area contributed by atoms with Crippen LogP contribution in [-0.2, 0) is 10.1 Å². The Kier molecular flexibility index (Phi) is 3.60. The fourth-order valence-electron chi connectivity index (χ4n) is 0.621. The first-order valence-electron chi connectivity index (χ1n) is 2.98. The minimum absolute atomic E-state index is 0.190. The van der Waals surface area contributed by atoms with E-state index in [9.17, 15) is 8.42 Å². The Morgan fingerprint density at radius 1 is 1.70 bits per heavy atom. The van der Waals surface area contributed by atoms with Crippen molar-refractivity contribution in [3.05, 3.63) is 12.7 Å². The van der Waals surface area contributed by atoms with Crippen molar-refractivity contribution in [2.75, 3.05) is 0 Å². The molecule has 0 aliphatic carbocycles. The summed E-state index contributed by atoms with van der Waals surface area (Å²) in [5, 5.41) is -0.731. The molecule has 0 aliphatic heterocycles. The van der Waals surface area contributed by atoms with E-state index in [1.54, 1.807) is 6.92 Å². The lowest BCUT2D eigenvalue weighted by atomic mass is 10.2. The molecule has 59 valence electrons. The van der Waals surface area contributed by atoms with Gasteiger partial charge in [0.2, 0.25) is 0 Å². The van der Waals surface area contributed by atoms with Crippen LogP contribution in [0.2, 0.25) is 0 Å². The van der Waals surface area contributed by atoms with Crippen molar-refractivity contribution in [1.82, 2.24) is 0 Å². The fraction of sp³-hybridized carbons (Fsp3) is 0.667. The van der Waals surface area contributed by atoms with E-state index >= 15 is 0 Å². The predicted molar refractivity (Wildman–Crippen MR) is 39.1 cm³/mol. The minimum atomic E-state index is -3.88. The summed E-state index contributed by atoms with van der Waals surface area (Å²) in [5.41, 5.74) is 0. The molecule has 0 amide bonds. The van der Waals surface area contributed by atoms with Gasteiger partial charge in [0.25, 0.3) is 10.1 Å². The summed E-state index contributed by atoms with van der Waals surface area (Å²) in [7, 11) is -3.88. The Labute approximate surface area is 61.5 Å². The van der Waals surface area contributed by atoms with Gasteiger partial charge in [-0.3, -0.25) is 4.55 Å². The molecule has 0 saturated heterocycles. The second kappa shape index (κ2) is 3.73. The third-order valence-corrected chi connectivity index (χ3v) is 2.59. The normalized spacial score (nSPS) is 14.6. The van der Waals surface area contributed by atoms with Gasteiger partial charge in [0.1, 0.15) is 0 Å². The Morgan fingerprint density at radius 3 is 2.30 bits per heavy atom. The molecule has 4 heteroatoms. The summed E-state index contributed by atoms with van der Waals surface area (Å²) in [5.74, 6) is 0. The molecule has 0 bridgehead atoms. The van der Waals surface area contributed by atoms with Gasteiger partial charge in [-0.1, -0.05) is 19.6 Å². The van der Waals surface area contributed by atoms with E-state index in [4.69, 9.17) is 4.55 Å². The third kappa shape index (κ3) is 2.98. The Morgan fingerprint density at radius 2 is 2.20 bits per heavy atom. The highest BCUT2D eigenvalue weighted by Crippen LogP contribution is 2.07. The van der Waals surface area contributed by atoms with Crippen molar-refractivity contribution >= 4 is 10.1 Å². The standard InChI is InChI=1S/C6H11O3S/c1-3-5-6(4-2)10(7,8)9/h6H,1,4-5H2,2H3,(H,7,8,9). The molecular formula is C6H11O3S. The van der Waals surface area contributed by atoms with E-state index in [1.807, 2.05) is 0 Å². The molecule has 0 aromatic rings. The maximum Gasteiger partial charge on any atom is 0.268 e. The van der Waals surface area contributed by atoms with Crippen molar-refractivity contribution in [3.8, 4) is 0 Å². The zero-order valence-corrected chi connectivity index (χ0v) is 6.69. The van der Waals surface area contributed by atoms with Gasteiger partial charge in [0, 0.05) is 0 Å². The van der Waals surface area contributed by atoms with Crippen molar-refractivity contribution in [3.63, 3.8) is 0 Å². The molecule has 0 aliphatic rings. The van der Waals surface area contributed by atoms with Crippen LogP contribution in [0.1, 0.15) is 19.8 Å². The molecule has 1 radical (unpaired) electrons. The smallest absolute Gasteiger partial charge is 0.268 e. The van der Waals surface area contributed by atoms with Crippen molar-refractivity contribution < 1.29 is 13.0 Å². The SMILES string of the molecule is C=[C]CC(CC)S(=O)(=O)O. The number of hydrogen-bond acceptors (Lipinski definition) is 2. The second-order valence-electron chi connectivity index (χ2n) is 2.00. The van der Waals surface area contributed by atoms with E-state index in [1.165, 1.54) is 0 Å². The highest BCUT2D eigenvalue weighted by Gasteiger charge is 2.18. The average Bonchev–Trinajstić information content (AvgIpc) is 1.80. The molecule has 1 N–H and O–H groups in total. The van der Waals surface area contributed by atoms with E-state index in [0.717, 1.165) is 0 Å². The minimum Gasteiger partial charge on any atom is -0.285 e.